The van der Waals surface area contributed by atoms with Gasteiger partial charge in [-0.15, -0.1) is 0 Å². The van der Waals surface area contributed by atoms with Crippen LogP contribution in [0.25, 0.3) is 0 Å². The zero-order chi connectivity index (χ0) is 21.9. The summed E-state index contributed by atoms with van der Waals surface area (Å²) in [6, 6.07) is 12.6. The Labute approximate surface area is 183 Å². The van der Waals surface area contributed by atoms with Crippen molar-refractivity contribution in [1.82, 2.24) is 4.90 Å². The minimum Gasteiger partial charge on any atom is -0.391 e. The highest BCUT2D eigenvalue weighted by molar-refractivity contribution is 7.92. The van der Waals surface area contributed by atoms with Crippen LogP contribution in [0, 0.1) is 6.92 Å². The highest BCUT2D eigenvalue weighted by Crippen LogP contribution is 2.29. The molecule has 0 heterocycles. The van der Waals surface area contributed by atoms with E-state index in [2.05, 4.69) is 0 Å². The minimum absolute atomic E-state index is 0.104. The predicted molar refractivity (Wildman–Crippen MR) is 118 cm³/mol. The van der Waals surface area contributed by atoms with Gasteiger partial charge in [0.2, 0.25) is 5.91 Å². The summed E-state index contributed by atoms with van der Waals surface area (Å²) in [5.41, 5.74) is 1.05. The molecular formula is C22H27ClN2O4S. The Morgan fingerprint density at radius 1 is 1.13 bits per heavy atom. The van der Waals surface area contributed by atoms with Gasteiger partial charge in [0.1, 0.15) is 6.54 Å². The van der Waals surface area contributed by atoms with Crippen LogP contribution in [0.3, 0.4) is 0 Å². The summed E-state index contributed by atoms with van der Waals surface area (Å²) in [6.07, 6.45) is 2.61. The Balaban J connectivity index is 1.96. The zero-order valence-electron chi connectivity index (χ0n) is 17.2. The van der Waals surface area contributed by atoms with Crippen molar-refractivity contribution in [2.45, 2.75) is 49.6 Å². The lowest BCUT2D eigenvalue weighted by molar-refractivity contribution is -0.133. The van der Waals surface area contributed by atoms with Gasteiger partial charge in [0.05, 0.1) is 22.7 Å². The molecule has 1 aliphatic carbocycles. The third-order valence-electron chi connectivity index (χ3n) is 5.62. The number of sulfonamides is 1. The Bertz CT molecular complexity index is 997. The van der Waals surface area contributed by atoms with Crippen LogP contribution >= 0.6 is 11.6 Å². The van der Waals surface area contributed by atoms with Gasteiger partial charge in [0, 0.05) is 12.1 Å². The molecule has 1 N–H and O–H groups in total. The molecule has 1 fully saturated rings. The predicted octanol–water partition coefficient (Wildman–Crippen LogP) is 3.61. The van der Waals surface area contributed by atoms with Crippen molar-refractivity contribution < 1.29 is 18.3 Å². The topological polar surface area (TPSA) is 77.9 Å². The lowest BCUT2D eigenvalue weighted by Crippen LogP contribution is -2.50. The van der Waals surface area contributed by atoms with E-state index in [0.29, 0.717) is 29.1 Å². The molecule has 8 heteroatoms. The number of hydrogen-bond donors (Lipinski definition) is 1. The van der Waals surface area contributed by atoms with Crippen molar-refractivity contribution >= 4 is 33.2 Å². The molecule has 30 heavy (non-hydrogen) atoms. The van der Waals surface area contributed by atoms with Gasteiger partial charge in [-0.05, 0) is 55.7 Å². The summed E-state index contributed by atoms with van der Waals surface area (Å²) in [5, 5.41) is 10.8. The third kappa shape index (κ3) is 4.79. The van der Waals surface area contributed by atoms with E-state index in [9.17, 15) is 18.3 Å². The summed E-state index contributed by atoms with van der Waals surface area (Å²) >= 11 is 6.06. The van der Waals surface area contributed by atoms with Gasteiger partial charge < -0.3 is 10.0 Å². The van der Waals surface area contributed by atoms with Gasteiger partial charge in [0.15, 0.2) is 0 Å². The minimum atomic E-state index is -3.98. The third-order valence-corrected chi connectivity index (χ3v) is 7.63. The van der Waals surface area contributed by atoms with Crippen molar-refractivity contribution in [1.29, 1.82) is 0 Å². The monoisotopic (exact) mass is 450 g/mol. The Morgan fingerprint density at radius 3 is 2.43 bits per heavy atom. The quantitative estimate of drug-likeness (QED) is 0.729. The molecule has 0 radical (unpaired) electrons. The van der Waals surface area contributed by atoms with Crippen molar-refractivity contribution in [2.75, 3.05) is 17.9 Å². The van der Waals surface area contributed by atoms with Gasteiger partial charge in [-0.3, -0.25) is 9.10 Å². The van der Waals surface area contributed by atoms with E-state index in [1.807, 2.05) is 0 Å². The molecular weight excluding hydrogens is 424 g/mol. The maximum absolute atomic E-state index is 13.4. The maximum Gasteiger partial charge on any atom is 0.264 e. The lowest BCUT2D eigenvalue weighted by atomic mass is 9.91. The average Bonchev–Trinajstić information content (AvgIpc) is 2.73. The van der Waals surface area contributed by atoms with Gasteiger partial charge in [-0.1, -0.05) is 42.6 Å². The second-order valence-electron chi connectivity index (χ2n) is 7.68. The van der Waals surface area contributed by atoms with Gasteiger partial charge in [-0.25, -0.2) is 8.42 Å². The van der Waals surface area contributed by atoms with Crippen molar-refractivity contribution in [2.24, 2.45) is 0 Å². The molecule has 6 nitrogen and oxygen atoms in total. The number of aliphatic hydroxyl groups excluding tert-OH is 1. The molecule has 2 aromatic rings. The average molecular weight is 451 g/mol. The molecule has 1 aliphatic rings. The number of amides is 1. The highest BCUT2D eigenvalue weighted by Gasteiger charge is 2.33. The molecule has 0 bridgehead atoms. The first-order valence-electron chi connectivity index (χ1n) is 9.99. The number of benzene rings is 2. The number of halogens is 1. The molecule has 0 aliphatic heterocycles. The van der Waals surface area contributed by atoms with E-state index in [0.717, 1.165) is 17.1 Å². The van der Waals surface area contributed by atoms with E-state index in [-0.39, 0.29) is 23.4 Å². The molecule has 1 saturated carbocycles. The fourth-order valence-corrected chi connectivity index (χ4v) is 5.61. The second kappa shape index (κ2) is 9.37. The lowest BCUT2D eigenvalue weighted by Gasteiger charge is -2.36. The first-order valence-corrected chi connectivity index (χ1v) is 11.8. The van der Waals surface area contributed by atoms with Gasteiger partial charge in [0.25, 0.3) is 10.0 Å². The SMILES string of the molecule is Cc1cc(Cl)ccc1N(CC(=O)N(C)C1CCCCC1O)S(=O)(=O)c1ccccc1. The second-order valence-corrected chi connectivity index (χ2v) is 9.98. The molecule has 2 aromatic carbocycles. The Morgan fingerprint density at radius 2 is 1.80 bits per heavy atom. The van der Waals surface area contributed by atoms with Crippen LogP contribution in [-0.4, -0.2) is 50.1 Å². The van der Waals surface area contributed by atoms with Gasteiger partial charge >= 0.3 is 0 Å². The van der Waals surface area contributed by atoms with Crippen LogP contribution < -0.4 is 4.31 Å². The Kier molecular flexibility index (Phi) is 7.06. The van der Waals surface area contributed by atoms with E-state index >= 15 is 0 Å². The number of carbonyl (C=O) groups is 1. The fraction of sp³-hybridized carbons (Fsp3) is 0.409. The van der Waals surface area contributed by atoms with Crippen molar-refractivity contribution in [3.63, 3.8) is 0 Å². The molecule has 2 atom stereocenters. The molecule has 0 spiro atoms. The molecule has 3 rings (SSSR count). The number of hydrogen-bond acceptors (Lipinski definition) is 4. The summed E-state index contributed by atoms with van der Waals surface area (Å²) < 4.78 is 28.0. The van der Waals surface area contributed by atoms with Crippen molar-refractivity contribution in [3.8, 4) is 0 Å². The number of aliphatic hydroxyl groups is 1. The number of carbonyl (C=O) groups excluding carboxylic acids is 1. The summed E-state index contributed by atoms with van der Waals surface area (Å²) in [4.78, 5) is 14.7. The first-order chi connectivity index (χ1) is 14.2. The van der Waals surface area contributed by atoms with E-state index < -0.39 is 16.1 Å². The van der Waals surface area contributed by atoms with Crippen LogP contribution in [0.4, 0.5) is 5.69 Å². The molecule has 1 amide bonds. The molecule has 2 unspecified atom stereocenters. The highest BCUT2D eigenvalue weighted by atomic mass is 35.5. The fourth-order valence-electron chi connectivity index (χ4n) is 3.88. The van der Waals surface area contributed by atoms with Crippen LogP contribution in [-0.2, 0) is 14.8 Å². The zero-order valence-corrected chi connectivity index (χ0v) is 18.7. The Hall–Kier alpha value is -2.09. The first kappa shape index (κ1) is 22.6. The van der Waals surface area contributed by atoms with Crippen LogP contribution in [0.15, 0.2) is 53.4 Å². The number of aryl methyl sites for hydroxylation is 1. The summed E-state index contributed by atoms with van der Waals surface area (Å²) in [5.74, 6) is -0.366. The van der Waals surface area contributed by atoms with Gasteiger partial charge in [-0.2, -0.15) is 0 Å². The van der Waals surface area contributed by atoms with E-state index in [4.69, 9.17) is 11.6 Å². The molecule has 162 valence electrons. The normalized spacial score (nSPS) is 19.3. The van der Waals surface area contributed by atoms with Crippen molar-refractivity contribution in [3.05, 3.63) is 59.1 Å². The maximum atomic E-state index is 13.4. The van der Waals surface area contributed by atoms with Crippen LogP contribution in [0.1, 0.15) is 31.2 Å². The summed E-state index contributed by atoms with van der Waals surface area (Å²) in [6.45, 7) is 1.40. The number of rotatable bonds is 6. The largest absolute Gasteiger partial charge is 0.391 e. The van der Waals surface area contributed by atoms with Crippen LogP contribution in [0.5, 0.6) is 0 Å². The van der Waals surface area contributed by atoms with E-state index in [1.54, 1.807) is 50.4 Å². The number of nitrogens with zero attached hydrogens (tertiary/aromatic N) is 2. The van der Waals surface area contributed by atoms with Crippen LogP contribution in [0.2, 0.25) is 5.02 Å². The number of likely N-dealkylation sites (N-methyl/N-ethyl adjacent to an activating group) is 1. The van der Waals surface area contributed by atoms with E-state index in [1.165, 1.54) is 17.0 Å². The smallest absolute Gasteiger partial charge is 0.264 e. The standard InChI is InChI=1S/C22H27ClN2O4S/c1-16-14-17(23)12-13-19(16)25(30(28,29)18-8-4-3-5-9-18)15-22(27)24(2)20-10-6-7-11-21(20)26/h3-5,8-9,12-14,20-21,26H,6-7,10-11,15H2,1-2H3. The number of anilines is 1. The summed E-state index contributed by atoms with van der Waals surface area (Å²) in [7, 11) is -2.35. The molecule has 0 aromatic heterocycles. The molecule has 0 saturated heterocycles.